The summed E-state index contributed by atoms with van der Waals surface area (Å²) < 4.78 is 22.9. The van der Waals surface area contributed by atoms with Crippen molar-refractivity contribution in [1.29, 1.82) is 0 Å². The van der Waals surface area contributed by atoms with E-state index in [0.717, 1.165) is 23.5 Å². The van der Waals surface area contributed by atoms with Crippen molar-refractivity contribution >= 4 is 29.1 Å². The van der Waals surface area contributed by atoms with Gasteiger partial charge in [0, 0.05) is 55.9 Å². The first kappa shape index (κ1) is 37.5. The van der Waals surface area contributed by atoms with Crippen LogP contribution in [0.3, 0.4) is 0 Å². The molecule has 0 amide bonds. The van der Waals surface area contributed by atoms with Crippen molar-refractivity contribution in [3.8, 4) is 22.3 Å². The van der Waals surface area contributed by atoms with Crippen LogP contribution in [0.4, 0.5) is 0 Å². The first-order chi connectivity index (χ1) is 26.5. The van der Waals surface area contributed by atoms with Gasteiger partial charge >= 0.3 is 0 Å². The Hall–Kier alpha value is -4.76. The Kier molecular flexibility index (Phi) is 11.9. The number of hydrogen-bond donors (Lipinski definition) is 0. The zero-order valence-corrected chi connectivity index (χ0v) is 32.9. The van der Waals surface area contributed by atoms with Crippen molar-refractivity contribution in [2.45, 2.75) is 32.1 Å². The van der Waals surface area contributed by atoms with Gasteiger partial charge in [0.15, 0.2) is 0 Å². The Balaban J connectivity index is 1.32. The van der Waals surface area contributed by atoms with Crippen LogP contribution in [0.2, 0.25) is 0 Å². The van der Waals surface area contributed by atoms with Crippen LogP contribution in [0.25, 0.3) is 22.3 Å². The van der Waals surface area contributed by atoms with Gasteiger partial charge in [0.25, 0.3) is 0 Å². The molecule has 54 heavy (non-hydrogen) atoms. The minimum absolute atomic E-state index is 0.266. The Morgan fingerprint density at radius 1 is 0.500 bits per heavy atom. The lowest BCUT2D eigenvalue weighted by Gasteiger charge is -2.33. The van der Waals surface area contributed by atoms with E-state index in [9.17, 15) is 0 Å². The lowest BCUT2D eigenvalue weighted by molar-refractivity contribution is 0.0490. The molecule has 0 saturated carbocycles. The van der Waals surface area contributed by atoms with Crippen LogP contribution in [-0.4, -0.2) is 71.9 Å². The Morgan fingerprint density at radius 2 is 1.00 bits per heavy atom. The number of nitrogens with zero attached hydrogens (tertiary/aromatic N) is 2. The number of ether oxygens (including phenoxy) is 4. The maximum Gasteiger partial charge on any atom is 0.223 e. The molecular formula is C47H50N2O4Si. The number of pyridine rings is 2. The predicted molar refractivity (Wildman–Crippen MR) is 221 cm³/mol. The maximum absolute atomic E-state index is 6.15. The molecule has 0 spiro atoms. The minimum Gasteiger partial charge on any atom is -0.382 e. The lowest BCUT2D eigenvalue weighted by atomic mass is 9.72. The van der Waals surface area contributed by atoms with Crippen LogP contribution in [0.5, 0.6) is 0 Å². The number of benzene rings is 4. The summed E-state index contributed by atoms with van der Waals surface area (Å²) in [6.07, 6.45) is 5.50. The molecule has 2 aromatic heterocycles. The molecule has 6 aromatic rings. The van der Waals surface area contributed by atoms with Crippen LogP contribution in [-0.2, 0) is 24.4 Å². The summed E-state index contributed by atoms with van der Waals surface area (Å²) in [6.45, 7) is 7.86. The second-order valence-corrected chi connectivity index (χ2v) is 17.9. The maximum atomic E-state index is 6.15. The van der Waals surface area contributed by atoms with Crippen LogP contribution >= 0.6 is 0 Å². The molecule has 4 aromatic carbocycles. The van der Waals surface area contributed by atoms with E-state index in [-0.39, 0.29) is 5.41 Å². The van der Waals surface area contributed by atoms with Crippen molar-refractivity contribution in [2.24, 2.45) is 0 Å². The molecule has 0 radical (unpaired) electrons. The van der Waals surface area contributed by atoms with E-state index in [4.69, 9.17) is 28.9 Å². The van der Waals surface area contributed by atoms with E-state index in [1.165, 1.54) is 54.9 Å². The first-order valence-electron chi connectivity index (χ1n) is 18.9. The fraction of sp³-hybridized carbons (Fsp3) is 0.277. The summed E-state index contributed by atoms with van der Waals surface area (Å²) in [5.74, 6) is 0. The smallest absolute Gasteiger partial charge is 0.223 e. The Morgan fingerprint density at radius 3 is 1.54 bits per heavy atom. The van der Waals surface area contributed by atoms with Crippen LogP contribution in [0.1, 0.15) is 35.1 Å². The fourth-order valence-electron chi connectivity index (χ4n) is 8.21. The molecule has 0 saturated heterocycles. The summed E-state index contributed by atoms with van der Waals surface area (Å²) in [6, 6.07) is 44.6. The van der Waals surface area contributed by atoms with Gasteiger partial charge in [-0.25, -0.2) is 0 Å². The highest BCUT2D eigenvalue weighted by molar-refractivity contribution is 7.19. The third-order valence-corrected chi connectivity index (χ3v) is 15.5. The van der Waals surface area contributed by atoms with Crippen molar-refractivity contribution in [3.63, 3.8) is 0 Å². The third-order valence-electron chi connectivity index (χ3n) is 11.0. The first-order valence-corrected chi connectivity index (χ1v) is 20.9. The van der Waals surface area contributed by atoms with Crippen molar-refractivity contribution in [3.05, 3.63) is 156 Å². The average Bonchev–Trinajstić information content (AvgIpc) is 3.47. The van der Waals surface area contributed by atoms with E-state index < -0.39 is 8.07 Å². The number of fused-ring (bicyclic) bond motifs is 3. The molecule has 7 rings (SSSR count). The van der Waals surface area contributed by atoms with Crippen molar-refractivity contribution in [2.75, 3.05) is 53.9 Å². The van der Waals surface area contributed by atoms with E-state index >= 15 is 0 Å². The minimum atomic E-state index is -2.85. The molecule has 276 valence electrons. The van der Waals surface area contributed by atoms with Gasteiger partial charge in [-0.15, -0.1) is 0 Å². The van der Waals surface area contributed by atoms with Gasteiger partial charge in [-0.3, -0.25) is 9.97 Å². The second kappa shape index (κ2) is 17.1. The molecule has 1 aliphatic rings. The van der Waals surface area contributed by atoms with E-state index in [2.05, 4.69) is 123 Å². The molecule has 0 N–H and O–H groups in total. The van der Waals surface area contributed by atoms with Crippen molar-refractivity contribution < 1.29 is 18.9 Å². The van der Waals surface area contributed by atoms with Gasteiger partial charge in [0.1, 0.15) is 0 Å². The van der Waals surface area contributed by atoms with Crippen molar-refractivity contribution in [1.82, 2.24) is 9.97 Å². The van der Waals surface area contributed by atoms with Gasteiger partial charge in [-0.1, -0.05) is 102 Å². The molecule has 2 heterocycles. The van der Waals surface area contributed by atoms with Gasteiger partial charge in [0.05, 0.1) is 26.4 Å². The zero-order valence-electron chi connectivity index (χ0n) is 31.9. The highest BCUT2D eigenvalue weighted by atomic mass is 28.3. The molecule has 6 nitrogen and oxygen atoms in total. The summed E-state index contributed by atoms with van der Waals surface area (Å²) in [4.78, 5) is 10.1. The molecule has 0 atom stereocenters. The van der Waals surface area contributed by atoms with Gasteiger partial charge in [-0.2, -0.15) is 0 Å². The van der Waals surface area contributed by atoms with Crippen LogP contribution in [0.15, 0.2) is 134 Å². The number of hydrogen-bond acceptors (Lipinski definition) is 6. The lowest BCUT2D eigenvalue weighted by Crippen LogP contribution is -2.76. The number of methoxy groups -OCH3 is 2. The van der Waals surface area contributed by atoms with E-state index in [0.29, 0.717) is 39.6 Å². The Labute approximate surface area is 321 Å². The number of aryl methyl sites for hydroxylation is 2. The highest BCUT2D eigenvalue weighted by Crippen LogP contribution is 2.54. The standard InChI is InChI=1S/C47H50N2O4Si/c1-35-11-17-39(18-12-35)54(45-9-5-7-25-48-45,46-10-6-8-26-49-46)40-19-14-37(15-20-40)38-16-22-42-41-21-13-36(2)33-43(41)47(44(42)34-38,23-27-52-31-29-50-3)24-28-53-32-30-51-4/h5-22,25-26,33-34H,23-24,27-32H2,1-4H3. The molecule has 0 fully saturated rings. The van der Waals surface area contributed by atoms with E-state index in [1.54, 1.807) is 14.2 Å². The largest absolute Gasteiger partial charge is 0.382 e. The number of rotatable bonds is 17. The summed E-state index contributed by atoms with van der Waals surface area (Å²) in [7, 11) is 0.573. The quantitative estimate of drug-likeness (QED) is 0.0787. The van der Waals surface area contributed by atoms with Gasteiger partial charge in [-0.05, 0) is 101 Å². The highest BCUT2D eigenvalue weighted by Gasteiger charge is 2.45. The average molecular weight is 735 g/mol. The topological polar surface area (TPSA) is 62.7 Å². The molecule has 0 aliphatic heterocycles. The molecule has 0 unspecified atom stereocenters. The third kappa shape index (κ3) is 7.35. The predicted octanol–water partition coefficient (Wildman–Crippen LogP) is 6.51. The van der Waals surface area contributed by atoms with Gasteiger partial charge < -0.3 is 18.9 Å². The van der Waals surface area contributed by atoms with Gasteiger partial charge in [0.2, 0.25) is 8.07 Å². The zero-order chi connectivity index (χ0) is 37.4. The molecule has 0 bridgehead atoms. The summed E-state index contributed by atoms with van der Waals surface area (Å²) in [5.41, 5.74) is 9.85. The van der Waals surface area contributed by atoms with E-state index in [1.807, 2.05) is 24.5 Å². The summed E-state index contributed by atoms with van der Waals surface area (Å²) in [5, 5.41) is 4.63. The molecule has 1 aliphatic carbocycles. The second-order valence-electron chi connectivity index (χ2n) is 14.2. The summed E-state index contributed by atoms with van der Waals surface area (Å²) >= 11 is 0. The molecule has 7 heteroatoms. The normalized spacial score (nSPS) is 13.1. The fourth-order valence-corrected chi connectivity index (χ4v) is 12.5. The number of aromatic nitrogens is 2. The monoisotopic (exact) mass is 734 g/mol. The Bertz CT molecular complexity index is 2070. The molecular weight excluding hydrogens is 685 g/mol. The van der Waals surface area contributed by atoms with Crippen LogP contribution in [0, 0.1) is 13.8 Å². The SMILES string of the molecule is COCCOCCC1(CCOCCOC)c2cc(C)ccc2-c2ccc(-c3ccc([Si](c4ccc(C)cc4)(c4ccccn4)c4ccccn4)cc3)cc21. The van der Waals surface area contributed by atoms with Crippen LogP contribution < -0.4 is 21.0 Å².